The van der Waals surface area contributed by atoms with Crippen LogP contribution >= 0.6 is 0 Å². The number of likely N-dealkylation sites (tertiary alicyclic amines) is 1. The minimum atomic E-state index is 0.00405. The zero-order valence-corrected chi connectivity index (χ0v) is 16.6. The number of hydrogen-bond donors (Lipinski definition) is 1. The van der Waals surface area contributed by atoms with Gasteiger partial charge in [-0.25, -0.2) is 4.98 Å². The molecule has 1 aliphatic rings. The number of hydrogen-bond acceptors (Lipinski definition) is 7. The maximum Gasteiger partial charge on any atom is 0.259 e. The van der Waals surface area contributed by atoms with E-state index in [9.17, 15) is 4.79 Å². The standard InChI is InChI=1S/C19H27N5O3/c1-6-14-17(13(4)27-23-14)18(25)24-8-7-15(11(2)10-24)21-19-20-12(3)9-16(22-19)26-5/h9,11,15H,6-8,10H2,1-5H3,(H,20,21,22). The fourth-order valence-corrected chi connectivity index (χ4v) is 3.51. The number of nitrogens with zero attached hydrogens (tertiary/aromatic N) is 4. The summed E-state index contributed by atoms with van der Waals surface area (Å²) in [5, 5.41) is 7.40. The first-order valence-electron chi connectivity index (χ1n) is 9.33. The number of carbonyl (C=O) groups is 1. The Morgan fingerprint density at radius 2 is 2.19 bits per heavy atom. The van der Waals surface area contributed by atoms with E-state index in [-0.39, 0.29) is 17.9 Å². The zero-order valence-electron chi connectivity index (χ0n) is 16.6. The van der Waals surface area contributed by atoms with Crippen molar-refractivity contribution in [2.45, 2.75) is 46.6 Å². The van der Waals surface area contributed by atoms with Crippen molar-refractivity contribution in [1.29, 1.82) is 0 Å². The van der Waals surface area contributed by atoms with E-state index in [0.29, 0.717) is 42.7 Å². The molecule has 1 fully saturated rings. The number of aryl methyl sites for hydroxylation is 3. The molecule has 146 valence electrons. The van der Waals surface area contributed by atoms with E-state index in [2.05, 4.69) is 27.4 Å². The van der Waals surface area contributed by atoms with Crippen LogP contribution in [0.4, 0.5) is 5.95 Å². The van der Waals surface area contributed by atoms with E-state index in [4.69, 9.17) is 9.26 Å². The Morgan fingerprint density at radius 3 is 2.85 bits per heavy atom. The second-order valence-electron chi connectivity index (χ2n) is 7.06. The third-order valence-corrected chi connectivity index (χ3v) is 5.03. The molecule has 1 amide bonds. The summed E-state index contributed by atoms with van der Waals surface area (Å²) < 4.78 is 10.4. The average molecular weight is 373 g/mol. The molecule has 8 heteroatoms. The van der Waals surface area contributed by atoms with Crippen LogP contribution in [0.5, 0.6) is 5.88 Å². The Morgan fingerprint density at radius 1 is 1.41 bits per heavy atom. The predicted octanol–water partition coefficient (Wildman–Crippen LogP) is 2.62. The summed E-state index contributed by atoms with van der Waals surface area (Å²) in [5.41, 5.74) is 2.19. The van der Waals surface area contributed by atoms with E-state index in [1.54, 1.807) is 20.1 Å². The Labute approximate surface area is 159 Å². The summed E-state index contributed by atoms with van der Waals surface area (Å²) in [7, 11) is 1.59. The normalized spacial score (nSPS) is 19.8. The second-order valence-corrected chi connectivity index (χ2v) is 7.06. The van der Waals surface area contributed by atoms with Crippen molar-refractivity contribution in [3.05, 3.63) is 28.8 Å². The molecule has 0 aliphatic carbocycles. The van der Waals surface area contributed by atoms with Gasteiger partial charge in [0.25, 0.3) is 5.91 Å². The van der Waals surface area contributed by atoms with Gasteiger partial charge in [-0.2, -0.15) is 4.98 Å². The van der Waals surface area contributed by atoms with Gasteiger partial charge in [0.15, 0.2) is 0 Å². The lowest BCUT2D eigenvalue weighted by molar-refractivity contribution is 0.0668. The Bertz CT molecular complexity index is 820. The van der Waals surface area contributed by atoms with Gasteiger partial charge in [0.2, 0.25) is 11.8 Å². The largest absolute Gasteiger partial charge is 0.481 e. The number of piperidine rings is 1. The molecule has 0 radical (unpaired) electrons. The van der Waals surface area contributed by atoms with Crippen LogP contribution in [0.25, 0.3) is 0 Å². The smallest absolute Gasteiger partial charge is 0.259 e. The first-order chi connectivity index (χ1) is 12.9. The molecule has 0 saturated carbocycles. The summed E-state index contributed by atoms with van der Waals surface area (Å²) in [6.45, 7) is 9.13. The number of carbonyl (C=O) groups excluding carboxylic acids is 1. The van der Waals surface area contributed by atoms with Gasteiger partial charge in [0.05, 0.1) is 12.8 Å². The van der Waals surface area contributed by atoms with Crippen LogP contribution < -0.4 is 10.1 Å². The number of rotatable bonds is 5. The molecule has 0 spiro atoms. The first-order valence-corrected chi connectivity index (χ1v) is 9.33. The van der Waals surface area contributed by atoms with Gasteiger partial charge >= 0.3 is 0 Å². The van der Waals surface area contributed by atoms with Gasteiger partial charge in [-0.15, -0.1) is 0 Å². The quantitative estimate of drug-likeness (QED) is 0.861. The molecule has 0 bridgehead atoms. The van der Waals surface area contributed by atoms with Crippen molar-refractivity contribution in [3.63, 3.8) is 0 Å². The molecule has 2 unspecified atom stereocenters. The van der Waals surface area contributed by atoms with E-state index >= 15 is 0 Å². The van der Waals surface area contributed by atoms with Crippen LogP contribution in [0.1, 0.15) is 47.8 Å². The van der Waals surface area contributed by atoms with Gasteiger partial charge in [-0.05, 0) is 32.6 Å². The molecule has 0 aromatic carbocycles. The summed E-state index contributed by atoms with van der Waals surface area (Å²) in [6.07, 6.45) is 1.50. The number of anilines is 1. The molecule has 8 nitrogen and oxygen atoms in total. The van der Waals surface area contributed by atoms with Crippen molar-refractivity contribution in [3.8, 4) is 5.88 Å². The summed E-state index contributed by atoms with van der Waals surface area (Å²) in [4.78, 5) is 23.7. The molecule has 3 heterocycles. The van der Waals surface area contributed by atoms with Crippen molar-refractivity contribution < 1.29 is 14.1 Å². The van der Waals surface area contributed by atoms with Gasteiger partial charge in [-0.1, -0.05) is 19.0 Å². The van der Waals surface area contributed by atoms with Crippen LogP contribution in [-0.4, -0.2) is 52.2 Å². The van der Waals surface area contributed by atoms with E-state index in [1.165, 1.54) is 0 Å². The molecule has 27 heavy (non-hydrogen) atoms. The van der Waals surface area contributed by atoms with Crippen LogP contribution in [0.15, 0.2) is 10.6 Å². The lowest BCUT2D eigenvalue weighted by Crippen LogP contribution is -2.48. The maximum absolute atomic E-state index is 13.0. The fraction of sp³-hybridized carbons (Fsp3) is 0.579. The molecule has 3 rings (SSSR count). The third kappa shape index (κ3) is 4.04. The number of ether oxygens (including phenoxy) is 1. The Balaban J connectivity index is 1.68. The van der Waals surface area contributed by atoms with Crippen molar-refractivity contribution >= 4 is 11.9 Å². The van der Waals surface area contributed by atoms with Crippen molar-refractivity contribution in [2.75, 3.05) is 25.5 Å². The molecule has 2 aromatic rings. The maximum atomic E-state index is 13.0. The topological polar surface area (TPSA) is 93.4 Å². The number of aromatic nitrogens is 3. The number of methoxy groups -OCH3 is 1. The molecular formula is C19H27N5O3. The van der Waals surface area contributed by atoms with E-state index < -0.39 is 0 Å². The van der Waals surface area contributed by atoms with Gasteiger partial charge < -0.3 is 19.5 Å². The molecule has 1 N–H and O–H groups in total. The van der Waals surface area contributed by atoms with Gasteiger partial charge in [-0.3, -0.25) is 4.79 Å². The Kier molecular flexibility index (Phi) is 5.62. The number of amides is 1. The highest BCUT2D eigenvalue weighted by Crippen LogP contribution is 2.24. The zero-order chi connectivity index (χ0) is 19.6. The minimum Gasteiger partial charge on any atom is -0.481 e. The number of nitrogens with one attached hydrogen (secondary N) is 1. The average Bonchev–Trinajstić information content (AvgIpc) is 3.02. The van der Waals surface area contributed by atoms with E-state index in [1.807, 2.05) is 18.7 Å². The van der Waals surface area contributed by atoms with Gasteiger partial charge in [0.1, 0.15) is 11.3 Å². The predicted molar refractivity (Wildman–Crippen MR) is 101 cm³/mol. The van der Waals surface area contributed by atoms with Crippen LogP contribution in [-0.2, 0) is 6.42 Å². The highest BCUT2D eigenvalue weighted by Gasteiger charge is 2.32. The second kappa shape index (κ2) is 7.94. The van der Waals surface area contributed by atoms with Crippen molar-refractivity contribution in [2.24, 2.45) is 5.92 Å². The lowest BCUT2D eigenvalue weighted by Gasteiger charge is -2.37. The summed E-state index contributed by atoms with van der Waals surface area (Å²) >= 11 is 0. The van der Waals surface area contributed by atoms with Crippen molar-refractivity contribution in [1.82, 2.24) is 20.0 Å². The summed E-state index contributed by atoms with van der Waals surface area (Å²) in [6, 6.07) is 1.98. The molecule has 1 saturated heterocycles. The molecular weight excluding hydrogens is 346 g/mol. The van der Waals surface area contributed by atoms with E-state index in [0.717, 1.165) is 17.8 Å². The lowest BCUT2D eigenvalue weighted by atomic mass is 9.93. The minimum absolute atomic E-state index is 0.00405. The molecule has 2 aromatic heterocycles. The van der Waals surface area contributed by atoms with Crippen LogP contribution in [0, 0.1) is 19.8 Å². The fourth-order valence-electron chi connectivity index (χ4n) is 3.51. The van der Waals surface area contributed by atoms with Crippen LogP contribution in [0.2, 0.25) is 0 Å². The third-order valence-electron chi connectivity index (χ3n) is 5.03. The van der Waals surface area contributed by atoms with Crippen LogP contribution in [0.3, 0.4) is 0 Å². The molecule has 1 aliphatic heterocycles. The first kappa shape index (κ1) is 19.1. The Hall–Kier alpha value is -2.64. The monoisotopic (exact) mass is 373 g/mol. The van der Waals surface area contributed by atoms with Gasteiger partial charge in [0, 0.05) is 30.9 Å². The highest BCUT2D eigenvalue weighted by molar-refractivity contribution is 5.96. The highest BCUT2D eigenvalue weighted by atomic mass is 16.5. The molecule has 2 atom stereocenters. The SMILES string of the molecule is CCc1noc(C)c1C(=O)N1CCC(Nc2nc(C)cc(OC)n2)C(C)C1. The summed E-state index contributed by atoms with van der Waals surface area (Å²) in [5.74, 6) is 1.95.